The summed E-state index contributed by atoms with van der Waals surface area (Å²) in [5.41, 5.74) is 4.27. The van der Waals surface area contributed by atoms with Crippen molar-refractivity contribution in [3.8, 4) is 5.75 Å². The fourth-order valence-electron chi connectivity index (χ4n) is 3.72. The number of allylic oxidation sites excluding steroid dienone is 2. The summed E-state index contributed by atoms with van der Waals surface area (Å²) in [7, 11) is 0. The molecule has 1 aromatic carbocycles. The second-order valence-corrected chi connectivity index (χ2v) is 10.6. The summed E-state index contributed by atoms with van der Waals surface area (Å²) in [6.07, 6.45) is -0.606. The third kappa shape index (κ3) is 9.45. The maximum Gasteiger partial charge on any atom is 0.407 e. The maximum atomic E-state index is 11.8. The summed E-state index contributed by atoms with van der Waals surface area (Å²) >= 11 is 7.28. The second-order valence-electron chi connectivity index (χ2n) is 8.93. The Morgan fingerprint density at radius 3 is 1.94 bits per heavy atom. The van der Waals surface area contributed by atoms with Gasteiger partial charge in [-0.3, -0.25) is 0 Å². The van der Waals surface area contributed by atoms with Crippen LogP contribution in [-0.4, -0.2) is 38.4 Å². The molecule has 34 heavy (non-hydrogen) atoms. The molecule has 0 heterocycles. The van der Waals surface area contributed by atoms with Crippen molar-refractivity contribution in [2.45, 2.75) is 48.5 Å². The number of ether oxygens (including phenoxy) is 3. The fourth-order valence-corrected chi connectivity index (χ4v) is 5.14. The van der Waals surface area contributed by atoms with Crippen LogP contribution in [0.5, 0.6) is 5.75 Å². The van der Waals surface area contributed by atoms with Gasteiger partial charge in [-0.25, -0.2) is 9.59 Å². The van der Waals surface area contributed by atoms with Crippen LogP contribution >= 0.6 is 31.9 Å². The van der Waals surface area contributed by atoms with Crippen molar-refractivity contribution in [1.29, 1.82) is 0 Å². The number of rotatable bonds is 12. The highest BCUT2D eigenvalue weighted by Gasteiger charge is 2.21. The Balaban J connectivity index is 2.73. The predicted molar refractivity (Wildman–Crippen MR) is 144 cm³/mol. The van der Waals surface area contributed by atoms with Crippen LogP contribution in [0.15, 0.2) is 38.8 Å². The predicted octanol–water partition coefficient (Wildman–Crippen LogP) is 7.16. The first kappa shape index (κ1) is 30.2. The number of nitrogens with one attached hydrogen (secondary N) is 1. The Kier molecular flexibility index (Phi) is 13.0. The molecule has 1 N–H and O–H groups in total. The quantitative estimate of drug-likeness (QED) is 0.156. The van der Waals surface area contributed by atoms with Crippen LogP contribution in [0.1, 0.15) is 54.0 Å². The Labute approximate surface area is 220 Å². The van der Waals surface area contributed by atoms with Crippen molar-refractivity contribution in [1.82, 2.24) is 5.32 Å². The highest BCUT2D eigenvalue weighted by molar-refractivity contribution is 9.11. The lowest BCUT2D eigenvalue weighted by atomic mass is 9.81. The summed E-state index contributed by atoms with van der Waals surface area (Å²) in [6.45, 7) is 18.9. The van der Waals surface area contributed by atoms with E-state index in [0.717, 1.165) is 14.5 Å². The van der Waals surface area contributed by atoms with Gasteiger partial charge >= 0.3 is 12.1 Å². The number of carbonyl (C=O) groups is 2. The lowest BCUT2D eigenvalue weighted by Gasteiger charge is -2.25. The fraction of sp³-hybridized carbons (Fsp3) is 0.538. The first-order valence-corrected chi connectivity index (χ1v) is 13.0. The Bertz CT molecular complexity index is 873. The normalized spacial score (nSPS) is 10.9. The molecule has 0 fully saturated rings. The number of amides is 1. The van der Waals surface area contributed by atoms with E-state index in [9.17, 15) is 9.59 Å². The Morgan fingerprint density at radius 2 is 1.47 bits per heavy atom. The van der Waals surface area contributed by atoms with E-state index < -0.39 is 12.1 Å². The molecule has 0 aliphatic carbocycles. The van der Waals surface area contributed by atoms with E-state index in [1.807, 2.05) is 0 Å². The summed E-state index contributed by atoms with van der Waals surface area (Å²) in [5, 5.41) is 2.51. The van der Waals surface area contributed by atoms with Gasteiger partial charge in [0.05, 0.1) is 15.5 Å². The zero-order valence-corrected chi connectivity index (χ0v) is 24.4. The molecule has 0 aromatic heterocycles. The van der Waals surface area contributed by atoms with Crippen molar-refractivity contribution in [3.05, 3.63) is 44.4 Å². The standard InChI is InChI=1S/C26H37Br2NO5/c1-15(2)22(16(3)4)23(17(5)6)19-13-20(27)24(21(28)14-19)32-11-12-34-26(31)29-9-10-33-25(30)18(7)8/h13-17H,7,9-12H2,1-6,8H3,(H,29,31). The Hall–Kier alpha value is -1.80. The molecular weight excluding hydrogens is 566 g/mol. The van der Waals surface area contributed by atoms with E-state index in [1.165, 1.54) is 11.1 Å². The molecule has 6 nitrogen and oxygen atoms in total. The number of benzene rings is 1. The van der Waals surface area contributed by atoms with Crippen LogP contribution in [0.25, 0.3) is 5.57 Å². The van der Waals surface area contributed by atoms with Crippen LogP contribution in [0.2, 0.25) is 0 Å². The van der Waals surface area contributed by atoms with Crippen LogP contribution in [0.3, 0.4) is 0 Å². The summed E-state index contributed by atoms with van der Waals surface area (Å²) in [6, 6.07) is 4.17. The first-order valence-electron chi connectivity index (χ1n) is 11.5. The van der Waals surface area contributed by atoms with E-state index in [4.69, 9.17) is 14.2 Å². The minimum absolute atomic E-state index is 0.0473. The van der Waals surface area contributed by atoms with Gasteiger partial charge in [-0.05, 0) is 79.8 Å². The molecule has 0 saturated carbocycles. The average molecular weight is 603 g/mol. The van der Waals surface area contributed by atoms with Gasteiger partial charge in [0.15, 0.2) is 0 Å². The number of hydrogen-bond acceptors (Lipinski definition) is 5. The van der Waals surface area contributed by atoms with Gasteiger partial charge in [-0.2, -0.15) is 0 Å². The average Bonchev–Trinajstić information content (AvgIpc) is 2.72. The third-order valence-electron chi connectivity index (χ3n) is 4.96. The lowest BCUT2D eigenvalue weighted by molar-refractivity contribution is -0.138. The molecular formula is C26H37Br2NO5. The van der Waals surface area contributed by atoms with Crippen LogP contribution in [-0.2, 0) is 14.3 Å². The number of hydrogen-bond donors (Lipinski definition) is 1. The highest BCUT2D eigenvalue weighted by atomic mass is 79.9. The van der Waals surface area contributed by atoms with Gasteiger partial charge in [0.2, 0.25) is 0 Å². The molecule has 0 bridgehead atoms. The van der Waals surface area contributed by atoms with Crippen LogP contribution in [0.4, 0.5) is 4.79 Å². The van der Waals surface area contributed by atoms with E-state index in [2.05, 4.69) is 97.4 Å². The largest absolute Gasteiger partial charge is 0.488 e. The smallest absolute Gasteiger partial charge is 0.407 e. The van der Waals surface area contributed by atoms with Gasteiger partial charge in [-0.1, -0.05) is 53.7 Å². The number of esters is 1. The van der Waals surface area contributed by atoms with E-state index in [0.29, 0.717) is 29.1 Å². The molecule has 1 aromatic rings. The van der Waals surface area contributed by atoms with Gasteiger partial charge in [0, 0.05) is 5.57 Å². The molecule has 0 unspecified atom stereocenters. The summed E-state index contributed by atoms with van der Waals surface area (Å²) in [4.78, 5) is 23.0. The van der Waals surface area contributed by atoms with Crippen molar-refractivity contribution in [2.75, 3.05) is 26.4 Å². The van der Waals surface area contributed by atoms with Gasteiger partial charge < -0.3 is 19.5 Å². The summed E-state index contributed by atoms with van der Waals surface area (Å²) in [5.74, 6) is 1.44. The molecule has 0 radical (unpaired) electrons. The molecule has 1 amide bonds. The molecule has 0 aliphatic heterocycles. The van der Waals surface area contributed by atoms with E-state index in [-0.39, 0.29) is 26.4 Å². The molecule has 0 saturated heterocycles. The van der Waals surface area contributed by atoms with Crippen LogP contribution < -0.4 is 10.1 Å². The lowest BCUT2D eigenvalue weighted by Crippen LogP contribution is -2.29. The maximum absolute atomic E-state index is 11.8. The van der Waals surface area contributed by atoms with Gasteiger partial charge in [0.25, 0.3) is 0 Å². The molecule has 190 valence electrons. The monoisotopic (exact) mass is 601 g/mol. The van der Waals surface area contributed by atoms with Crippen LogP contribution in [0, 0.1) is 17.8 Å². The van der Waals surface area contributed by atoms with Gasteiger partial charge in [0.1, 0.15) is 25.6 Å². The van der Waals surface area contributed by atoms with Crippen molar-refractivity contribution in [2.24, 2.45) is 17.8 Å². The number of alkyl carbamates (subject to hydrolysis) is 1. The number of halogens is 2. The van der Waals surface area contributed by atoms with Crippen molar-refractivity contribution in [3.63, 3.8) is 0 Å². The van der Waals surface area contributed by atoms with E-state index in [1.54, 1.807) is 6.92 Å². The molecule has 1 rings (SSSR count). The zero-order chi connectivity index (χ0) is 26.0. The molecule has 8 heteroatoms. The zero-order valence-electron chi connectivity index (χ0n) is 21.2. The molecule has 0 spiro atoms. The van der Waals surface area contributed by atoms with Crippen molar-refractivity contribution < 1.29 is 23.8 Å². The third-order valence-corrected chi connectivity index (χ3v) is 6.14. The topological polar surface area (TPSA) is 73.9 Å². The minimum atomic E-state index is -0.606. The van der Waals surface area contributed by atoms with E-state index >= 15 is 0 Å². The number of carbonyl (C=O) groups excluding carboxylic acids is 2. The highest BCUT2D eigenvalue weighted by Crippen LogP contribution is 2.41. The SMILES string of the molecule is C=C(C)C(=O)OCCNC(=O)OCCOc1c(Br)cc(C(=C(C(C)C)C(C)C)C(C)C)cc1Br. The molecule has 0 aliphatic rings. The van der Waals surface area contributed by atoms with Gasteiger partial charge in [-0.15, -0.1) is 0 Å². The first-order chi connectivity index (χ1) is 15.9. The second kappa shape index (κ2) is 14.6. The summed E-state index contributed by atoms with van der Waals surface area (Å²) < 4.78 is 17.5. The minimum Gasteiger partial charge on any atom is -0.488 e. The van der Waals surface area contributed by atoms with Crippen molar-refractivity contribution >= 4 is 49.5 Å². The Morgan fingerprint density at radius 1 is 0.912 bits per heavy atom. The molecule has 0 atom stereocenters.